The molecule has 0 radical (unpaired) electrons. The Bertz CT molecular complexity index is 943. The normalized spacial score (nSPS) is 11.7. The summed E-state index contributed by atoms with van der Waals surface area (Å²) < 4.78 is 11.4. The van der Waals surface area contributed by atoms with Gasteiger partial charge in [-0.3, -0.25) is 4.79 Å². The lowest BCUT2D eigenvalue weighted by Crippen LogP contribution is -3.06. The second-order valence-electron chi connectivity index (χ2n) is 7.49. The Hall–Kier alpha value is -3.31. The molecular formula is C25H29N2O3+. The molecule has 0 bridgehead atoms. The first kappa shape index (κ1) is 21.4. The molecule has 0 spiro atoms. The summed E-state index contributed by atoms with van der Waals surface area (Å²) in [6.07, 6.45) is 0. The molecule has 30 heavy (non-hydrogen) atoms. The number of likely N-dealkylation sites (N-methyl/N-ethyl adjacent to an activating group) is 1. The summed E-state index contributed by atoms with van der Waals surface area (Å²) in [6, 6.07) is 25.1. The number of hydrogen-bond acceptors (Lipinski definition) is 3. The molecule has 156 valence electrons. The lowest BCUT2D eigenvalue weighted by Gasteiger charge is -2.21. The fraction of sp³-hybridized carbons (Fsp3) is 0.240. The number of rotatable bonds is 9. The lowest BCUT2D eigenvalue weighted by molar-refractivity contribution is -0.860. The van der Waals surface area contributed by atoms with E-state index in [0.29, 0.717) is 23.7 Å². The van der Waals surface area contributed by atoms with Crippen molar-refractivity contribution in [2.24, 2.45) is 0 Å². The van der Waals surface area contributed by atoms with Crippen molar-refractivity contribution < 1.29 is 19.2 Å². The van der Waals surface area contributed by atoms with Crippen LogP contribution >= 0.6 is 0 Å². The van der Waals surface area contributed by atoms with Gasteiger partial charge in [0.15, 0.2) is 11.5 Å². The molecule has 3 rings (SSSR count). The summed E-state index contributed by atoms with van der Waals surface area (Å²) in [5, 5.41) is 3.15. The van der Waals surface area contributed by atoms with Gasteiger partial charge in [0.1, 0.15) is 19.2 Å². The third-order valence-corrected chi connectivity index (χ3v) is 4.78. The van der Waals surface area contributed by atoms with Crippen molar-refractivity contribution in [2.75, 3.05) is 27.7 Å². The van der Waals surface area contributed by atoms with Crippen LogP contribution in [0.3, 0.4) is 0 Å². The van der Waals surface area contributed by atoms with E-state index in [0.717, 1.165) is 17.7 Å². The molecule has 3 aromatic rings. The van der Waals surface area contributed by atoms with Crippen LogP contribution in [0.5, 0.6) is 11.5 Å². The van der Waals surface area contributed by atoms with Crippen LogP contribution in [0, 0.1) is 0 Å². The molecule has 0 aromatic heterocycles. The fourth-order valence-electron chi connectivity index (χ4n) is 3.25. The average molecular weight is 406 g/mol. The van der Waals surface area contributed by atoms with E-state index < -0.39 is 0 Å². The van der Waals surface area contributed by atoms with Crippen molar-refractivity contribution in [3.05, 3.63) is 95.6 Å². The number of nitrogens with one attached hydrogen (secondary N) is 2. The number of carbonyl (C=O) groups excluding carboxylic acids is 1. The van der Waals surface area contributed by atoms with Crippen LogP contribution in [0.15, 0.2) is 78.9 Å². The highest BCUT2D eigenvalue weighted by molar-refractivity contribution is 5.95. The van der Waals surface area contributed by atoms with Gasteiger partial charge in [0.25, 0.3) is 5.91 Å². The van der Waals surface area contributed by atoms with Gasteiger partial charge < -0.3 is 19.7 Å². The third-order valence-electron chi connectivity index (χ3n) is 4.78. The van der Waals surface area contributed by atoms with Crippen molar-refractivity contribution in [1.82, 2.24) is 5.32 Å². The van der Waals surface area contributed by atoms with E-state index in [1.807, 2.05) is 60.7 Å². The van der Waals surface area contributed by atoms with Gasteiger partial charge in [-0.1, -0.05) is 60.7 Å². The Morgan fingerprint density at radius 2 is 1.60 bits per heavy atom. The summed E-state index contributed by atoms with van der Waals surface area (Å²) in [6.45, 7) is 1.22. The SMILES string of the molecule is COc1cc(C(=O)N[C@@H](C[NH+](C)C)c2ccccc2)ccc1OCc1ccccc1. The zero-order chi connectivity index (χ0) is 21.3. The molecule has 2 N–H and O–H groups in total. The van der Waals surface area contributed by atoms with Gasteiger partial charge in [-0.25, -0.2) is 0 Å². The van der Waals surface area contributed by atoms with Crippen LogP contribution in [0.25, 0.3) is 0 Å². The zero-order valence-corrected chi connectivity index (χ0v) is 17.7. The molecule has 0 aliphatic rings. The largest absolute Gasteiger partial charge is 0.493 e. The standard InChI is InChI=1S/C25H28N2O3/c1-27(2)17-22(20-12-8-5-9-13-20)26-25(28)21-14-15-23(24(16-21)29-3)30-18-19-10-6-4-7-11-19/h4-16,22H,17-18H2,1-3H3,(H,26,28)/p+1/t22-/m0/s1. The van der Waals surface area contributed by atoms with E-state index in [-0.39, 0.29) is 11.9 Å². The summed E-state index contributed by atoms with van der Waals surface area (Å²) in [4.78, 5) is 14.2. The maximum absolute atomic E-state index is 13.0. The smallest absolute Gasteiger partial charge is 0.252 e. The van der Waals surface area contributed by atoms with Gasteiger partial charge in [-0.2, -0.15) is 0 Å². The first-order chi connectivity index (χ1) is 14.6. The van der Waals surface area contributed by atoms with Crippen LogP contribution in [-0.2, 0) is 6.61 Å². The molecule has 0 aliphatic heterocycles. The number of quaternary nitrogens is 1. The molecule has 1 amide bonds. The molecule has 0 heterocycles. The van der Waals surface area contributed by atoms with Crippen molar-refractivity contribution in [1.29, 1.82) is 0 Å². The summed E-state index contributed by atoms with van der Waals surface area (Å²) in [5.74, 6) is 1.00. The number of hydrogen-bond donors (Lipinski definition) is 2. The van der Waals surface area contributed by atoms with Gasteiger partial charge in [-0.15, -0.1) is 0 Å². The molecule has 0 unspecified atom stereocenters. The van der Waals surface area contributed by atoms with E-state index in [9.17, 15) is 4.79 Å². The van der Waals surface area contributed by atoms with Crippen LogP contribution in [0.4, 0.5) is 0 Å². The molecule has 5 heteroatoms. The van der Waals surface area contributed by atoms with Gasteiger partial charge >= 0.3 is 0 Å². The van der Waals surface area contributed by atoms with Crippen LogP contribution in [0.2, 0.25) is 0 Å². The Morgan fingerprint density at radius 1 is 0.933 bits per heavy atom. The van der Waals surface area contributed by atoms with E-state index in [1.165, 1.54) is 4.90 Å². The summed E-state index contributed by atoms with van der Waals surface area (Å²) in [5.41, 5.74) is 2.69. The highest BCUT2D eigenvalue weighted by Crippen LogP contribution is 2.29. The first-order valence-electron chi connectivity index (χ1n) is 10.1. The molecule has 5 nitrogen and oxygen atoms in total. The van der Waals surface area contributed by atoms with Gasteiger partial charge in [0.05, 0.1) is 21.2 Å². The minimum absolute atomic E-state index is 0.0799. The topological polar surface area (TPSA) is 52.0 Å². The molecular weight excluding hydrogens is 376 g/mol. The van der Waals surface area contributed by atoms with Crippen molar-refractivity contribution in [2.45, 2.75) is 12.6 Å². The number of benzene rings is 3. The molecule has 3 aromatic carbocycles. The van der Waals surface area contributed by atoms with Crippen molar-refractivity contribution in [3.8, 4) is 11.5 Å². The maximum atomic E-state index is 13.0. The average Bonchev–Trinajstić information content (AvgIpc) is 2.78. The minimum atomic E-state index is -0.141. The second kappa shape index (κ2) is 10.5. The van der Waals surface area contributed by atoms with Gasteiger partial charge in [-0.05, 0) is 29.3 Å². The Morgan fingerprint density at radius 3 is 2.23 bits per heavy atom. The van der Waals surface area contributed by atoms with Gasteiger partial charge in [0.2, 0.25) is 0 Å². The summed E-state index contributed by atoms with van der Waals surface area (Å²) in [7, 11) is 5.72. The lowest BCUT2D eigenvalue weighted by atomic mass is 10.1. The first-order valence-corrected chi connectivity index (χ1v) is 10.1. The zero-order valence-electron chi connectivity index (χ0n) is 17.7. The van der Waals surface area contributed by atoms with E-state index >= 15 is 0 Å². The monoisotopic (exact) mass is 405 g/mol. The second-order valence-corrected chi connectivity index (χ2v) is 7.49. The van der Waals surface area contributed by atoms with E-state index in [1.54, 1.807) is 25.3 Å². The number of carbonyl (C=O) groups is 1. The Kier molecular flexibility index (Phi) is 7.46. The summed E-state index contributed by atoms with van der Waals surface area (Å²) >= 11 is 0. The van der Waals surface area contributed by atoms with Crippen LogP contribution in [-0.4, -0.2) is 33.7 Å². The van der Waals surface area contributed by atoms with E-state index in [2.05, 4.69) is 19.4 Å². The highest BCUT2D eigenvalue weighted by atomic mass is 16.5. The molecule has 0 saturated carbocycles. The molecule has 1 atom stereocenters. The van der Waals surface area contributed by atoms with Crippen LogP contribution in [0.1, 0.15) is 27.5 Å². The van der Waals surface area contributed by atoms with E-state index in [4.69, 9.17) is 9.47 Å². The quantitative estimate of drug-likeness (QED) is 0.576. The predicted octanol–water partition coefficient (Wildman–Crippen LogP) is 2.89. The number of amides is 1. The van der Waals surface area contributed by atoms with Crippen molar-refractivity contribution in [3.63, 3.8) is 0 Å². The van der Waals surface area contributed by atoms with Gasteiger partial charge in [0, 0.05) is 5.56 Å². The predicted molar refractivity (Wildman–Crippen MR) is 118 cm³/mol. The Labute approximate surface area is 178 Å². The Balaban J connectivity index is 1.73. The number of methoxy groups -OCH3 is 1. The molecule has 0 saturated heterocycles. The molecule has 0 aliphatic carbocycles. The third kappa shape index (κ3) is 5.84. The number of ether oxygens (including phenoxy) is 2. The highest BCUT2D eigenvalue weighted by Gasteiger charge is 2.19. The fourth-order valence-corrected chi connectivity index (χ4v) is 3.25. The van der Waals surface area contributed by atoms with Crippen molar-refractivity contribution >= 4 is 5.91 Å². The molecule has 0 fully saturated rings. The van der Waals surface area contributed by atoms with Crippen LogP contribution < -0.4 is 19.7 Å². The minimum Gasteiger partial charge on any atom is -0.493 e. The maximum Gasteiger partial charge on any atom is 0.252 e.